The molecular weight excluding hydrogens is 370 g/mol. The highest BCUT2D eigenvalue weighted by Gasteiger charge is 2.16. The second-order valence-electron chi connectivity index (χ2n) is 7.08. The van der Waals surface area contributed by atoms with Gasteiger partial charge >= 0.3 is 0 Å². The minimum absolute atomic E-state index is 0.408. The number of nitrogens with zero attached hydrogens (tertiary/aromatic N) is 3. The van der Waals surface area contributed by atoms with Crippen molar-refractivity contribution in [1.29, 1.82) is 0 Å². The molecule has 1 saturated carbocycles. The third kappa shape index (κ3) is 4.66. The Morgan fingerprint density at radius 2 is 1.86 bits per heavy atom. The predicted octanol–water partition coefficient (Wildman–Crippen LogP) is 5.49. The molecule has 0 saturated heterocycles. The van der Waals surface area contributed by atoms with E-state index in [0.29, 0.717) is 6.04 Å². The molecule has 1 fully saturated rings. The van der Waals surface area contributed by atoms with Gasteiger partial charge in [0.25, 0.3) is 0 Å². The maximum absolute atomic E-state index is 5.65. The van der Waals surface area contributed by atoms with Crippen LogP contribution >= 0.6 is 11.3 Å². The predicted molar refractivity (Wildman–Crippen MR) is 117 cm³/mol. The highest BCUT2D eigenvalue weighted by atomic mass is 32.1. The van der Waals surface area contributed by atoms with Crippen molar-refractivity contribution in [3.63, 3.8) is 0 Å². The van der Waals surface area contributed by atoms with Gasteiger partial charge in [0.1, 0.15) is 11.5 Å². The fourth-order valence-corrected chi connectivity index (χ4v) is 4.47. The van der Waals surface area contributed by atoms with Crippen LogP contribution in [0.4, 0.5) is 0 Å². The number of benzene rings is 1. The average Bonchev–Trinajstić information content (AvgIpc) is 3.13. The molecule has 1 heterocycles. The third-order valence-electron chi connectivity index (χ3n) is 5.30. The van der Waals surface area contributed by atoms with Crippen LogP contribution < -0.4 is 14.3 Å². The van der Waals surface area contributed by atoms with E-state index in [9.17, 15) is 0 Å². The summed E-state index contributed by atoms with van der Waals surface area (Å²) in [5.41, 5.74) is 3.18. The number of hydrogen-bond acceptors (Lipinski definition) is 5. The summed E-state index contributed by atoms with van der Waals surface area (Å²) in [5.74, 6) is 1.56. The Balaban J connectivity index is 2.14. The molecule has 1 aromatic heterocycles. The van der Waals surface area contributed by atoms with Gasteiger partial charge in [-0.2, -0.15) is 5.10 Å². The standard InChI is InChI=1S/C22H31N3O2S/c1-5-16(6-2)24-25-20(19-13-12-18(26-3)14-21(19)27-4)15-28-22(25)23-17-10-8-7-9-11-17/h12-15,17H,5-11H2,1-4H3. The molecular formula is C22H31N3O2S. The van der Waals surface area contributed by atoms with Crippen LogP contribution in [0, 0.1) is 0 Å². The summed E-state index contributed by atoms with van der Waals surface area (Å²) in [6, 6.07) is 6.32. The first-order chi connectivity index (χ1) is 13.7. The number of thiazole rings is 1. The van der Waals surface area contributed by atoms with Crippen molar-refractivity contribution < 1.29 is 9.47 Å². The Morgan fingerprint density at radius 1 is 1.11 bits per heavy atom. The molecule has 152 valence electrons. The summed E-state index contributed by atoms with van der Waals surface area (Å²) in [5, 5.41) is 7.12. The van der Waals surface area contributed by atoms with E-state index in [1.54, 1.807) is 25.6 Å². The van der Waals surface area contributed by atoms with E-state index < -0.39 is 0 Å². The second-order valence-corrected chi connectivity index (χ2v) is 7.91. The van der Waals surface area contributed by atoms with Crippen molar-refractivity contribution in [3.8, 4) is 22.8 Å². The molecule has 0 radical (unpaired) electrons. The molecule has 1 aliphatic carbocycles. The number of hydrogen-bond donors (Lipinski definition) is 0. The van der Waals surface area contributed by atoms with Gasteiger partial charge < -0.3 is 9.47 Å². The van der Waals surface area contributed by atoms with Crippen LogP contribution in [0.25, 0.3) is 11.3 Å². The molecule has 0 amide bonds. The van der Waals surface area contributed by atoms with Crippen molar-refractivity contribution in [1.82, 2.24) is 4.68 Å². The molecule has 6 heteroatoms. The molecule has 2 aromatic rings. The molecule has 5 nitrogen and oxygen atoms in total. The zero-order valence-electron chi connectivity index (χ0n) is 17.4. The van der Waals surface area contributed by atoms with Crippen LogP contribution in [-0.4, -0.2) is 30.6 Å². The molecule has 0 unspecified atom stereocenters. The maximum atomic E-state index is 5.65. The first-order valence-corrected chi connectivity index (χ1v) is 11.1. The summed E-state index contributed by atoms with van der Waals surface area (Å²) >= 11 is 1.66. The summed E-state index contributed by atoms with van der Waals surface area (Å²) < 4.78 is 13.0. The maximum Gasteiger partial charge on any atom is 0.206 e. The fraction of sp³-hybridized carbons (Fsp3) is 0.545. The number of rotatable bonds is 7. The largest absolute Gasteiger partial charge is 0.497 e. The molecule has 1 aliphatic rings. The lowest BCUT2D eigenvalue weighted by Gasteiger charge is -2.17. The zero-order valence-corrected chi connectivity index (χ0v) is 18.2. The van der Waals surface area contributed by atoms with Crippen molar-refractivity contribution in [3.05, 3.63) is 28.4 Å². The molecule has 0 atom stereocenters. The highest BCUT2D eigenvalue weighted by molar-refractivity contribution is 7.07. The number of ether oxygens (including phenoxy) is 2. The van der Waals surface area contributed by atoms with E-state index >= 15 is 0 Å². The van der Waals surface area contributed by atoms with Crippen molar-refractivity contribution in [2.45, 2.75) is 64.8 Å². The van der Waals surface area contributed by atoms with Crippen molar-refractivity contribution in [2.75, 3.05) is 14.2 Å². The summed E-state index contributed by atoms with van der Waals surface area (Å²) in [4.78, 5) is 6.06. The van der Waals surface area contributed by atoms with Gasteiger partial charge in [0.15, 0.2) is 0 Å². The summed E-state index contributed by atoms with van der Waals surface area (Å²) in [6.45, 7) is 4.31. The van der Waals surface area contributed by atoms with Gasteiger partial charge in [-0.15, -0.1) is 11.3 Å². The average molecular weight is 402 g/mol. The van der Waals surface area contributed by atoms with E-state index in [1.165, 1.54) is 32.1 Å². The van der Waals surface area contributed by atoms with E-state index in [1.807, 2.05) is 22.9 Å². The van der Waals surface area contributed by atoms with E-state index in [4.69, 9.17) is 19.6 Å². The van der Waals surface area contributed by atoms with Gasteiger partial charge in [-0.3, -0.25) is 4.99 Å². The Morgan fingerprint density at radius 3 is 2.50 bits per heavy atom. The smallest absolute Gasteiger partial charge is 0.206 e. The molecule has 0 aliphatic heterocycles. The summed E-state index contributed by atoms with van der Waals surface area (Å²) in [7, 11) is 3.36. The van der Waals surface area contributed by atoms with Crippen LogP contribution in [0.15, 0.2) is 33.7 Å². The van der Waals surface area contributed by atoms with Gasteiger partial charge in [-0.25, -0.2) is 4.68 Å². The Labute approximate surface area is 171 Å². The highest BCUT2D eigenvalue weighted by Crippen LogP contribution is 2.33. The van der Waals surface area contributed by atoms with Gasteiger partial charge in [-0.1, -0.05) is 33.1 Å². The Kier molecular flexibility index (Phi) is 7.31. The quantitative estimate of drug-likeness (QED) is 0.576. The van der Waals surface area contributed by atoms with Crippen LogP contribution in [0.3, 0.4) is 0 Å². The van der Waals surface area contributed by atoms with Crippen LogP contribution in [0.2, 0.25) is 0 Å². The van der Waals surface area contributed by atoms with E-state index in [2.05, 4.69) is 19.2 Å². The lowest BCUT2D eigenvalue weighted by atomic mass is 9.96. The minimum Gasteiger partial charge on any atom is -0.497 e. The topological polar surface area (TPSA) is 48.1 Å². The molecule has 3 rings (SSSR count). The Hall–Kier alpha value is -2.08. The normalized spacial score (nSPS) is 15.5. The van der Waals surface area contributed by atoms with Crippen LogP contribution in [-0.2, 0) is 0 Å². The molecule has 0 spiro atoms. The SMILES string of the molecule is CCC(CC)=Nn1c(-c2ccc(OC)cc2OC)csc1=NC1CCCCC1. The monoisotopic (exact) mass is 401 g/mol. The van der Waals surface area contributed by atoms with E-state index in [-0.39, 0.29) is 0 Å². The van der Waals surface area contributed by atoms with Gasteiger partial charge in [0.2, 0.25) is 4.80 Å². The molecule has 0 bridgehead atoms. The van der Waals surface area contributed by atoms with Crippen molar-refractivity contribution >= 4 is 17.0 Å². The molecule has 0 N–H and O–H groups in total. The zero-order chi connectivity index (χ0) is 19.9. The number of aromatic nitrogens is 1. The van der Waals surface area contributed by atoms with Gasteiger partial charge in [0, 0.05) is 22.7 Å². The first-order valence-electron chi connectivity index (χ1n) is 10.2. The number of methoxy groups -OCH3 is 2. The Bertz CT molecular complexity index is 870. The van der Waals surface area contributed by atoms with Gasteiger partial charge in [-0.05, 0) is 37.8 Å². The minimum atomic E-state index is 0.408. The summed E-state index contributed by atoms with van der Waals surface area (Å²) in [6.07, 6.45) is 8.10. The van der Waals surface area contributed by atoms with Crippen LogP contribution in [0.1, 0.15) is 58.8 Å². The fourth-order valence-electron chi connectivity index (χ4n) is 3.58. The third-order valence-corrected chi connectivity index (χ3v) is 6.13. The lowest BCUT2D eigenvalue weighted by Crippen LogP contribution is -2.20. The first kappa shape index (κ1) is 20.6. The van der Waals surface area contributed by atoms with Gasteiger partial charge in [0.05, 0.1) is 26.0 Å². The van der Waals surface area contributed by atoms with E-state index in [0.717, 1.165) is 46.1 Å². The second kappa shape index (κ2) is 9.92. The molecule has 1 aromatic carbocycles. The van der Waals surface area contributed by atoms with Crippen molar-refractivity contribution in [2.24, 2.45) is 10.1 Å². The molecule has 28 heavy (non-hydrogen) atoms. The lowest BCUT2D eigenvalue weighted by molar-refractivity contribution is 0.395. The van der Waals surface area contributed by atoms with Crippen LogP contribution in [0.5, 0.6) is 11.5 Å².